The minimum Gasteiger partial charge on any atom is -0.493 e. The fourth-order valence-corrected chi connectivity index (χ4v) is 3.56. The van der Waals surface area contributed by atoms with Crippen LogP contribution in [0.3, 0.4) is 0 Å². The number of amides is 1. The second-order valence-corrected chi connectivity index (χ2v) is 6.94. The van der Waals surface area contributed by atoms with Gasteiger partial charge in [0.15, 0.2) is 16.6 Å². The van der Waals surface area contributed by atoms with E-state index in [2.05, 4.69) is 26.2 Å². The number of benzene rings is 1. The van der Waals surface area contributed by atoms with E-state index >= 15 is 0 Å². The van der Waals surface area contributed by atoms with Crippen LogP contribution < -0.4 is 14.8 Å². The second-order valence-electron chi connectivity index (χ2n) is 5.23. The van der Waals surface area contributed by atoms with E-state index in [4.69, 9.17) is 9.47 Å². The van der Waals surface area contributed by atoms with E-state index in [0.717, 1.165) is 5.69 Å². The Bertz CT molecular complexity index is 728. The monoisotopic (exact) mass is 396 g/mol. The van der Waals surface area contributed by atoms with Crippen molar-refractivity contribution >= 4 is 38.3 Å². The number of ether oxygens (including phenoxy) is 2. The minimum atomic E-state index is -0.219. The predicted octanol–water partition coefficient (Wildman–Crippen LogP) is 4.44. The first-order valence-electron chi connectivity index (χ1n) is 7.39. The Labute approximate surface area is 147 Å². The summed E-state index contributed by atoms with van der Waals surface area (Å²) in [6, 6.07) is 3.39. The van der Waals surface area contributed by atoms with Crippen molar-refractivity contribution in [2.24, 2.45) is 0 Å². The van der Waals surface area contributed by atoms with Gasteiger partial charge in [-0.05, 0) is 47.8 Å². The molecule has 2 aromatic rings. The minimum absolute atomic E-state index is 0.219. The smallest absolute Gasteiger partial charge is 0.257 e. The Kier molecular flexibility index (Phi) is 4.87. The van der Waals surface area contributed by atoms with Gasteiger partial charge in [0, 0.05) is 16.9 Å². The van der Waals surface area contributed by atoms with Crippen molar-refractivity contribution in [3.05, 3.63) is 33.2 Å². The maximum Gasteiger partial charge on any atom is 0.257 e. The third-order valence-corrected chi connectivity index (χ3v) is 4.88. The maximum atomic E-state index is 12.4. The molecule has 23 heavy (non-hydrogen) atoms. The summed E-state index contributed by atoms with van der Waals surface area (Å²) in [5.74, 6) is 1.47. The molecule has 5 nitrogen and oxygen atoms in total. The molecule has 1 aromatic heterocycles. The molecular formula is C16H17BrN2O3S. The first-order valence-corrected chi connectivity index (χ1v) is 9.06. The van der Waals surface area contributed by atoms with E-state index in [1.165, 1.54) is 24.2 Å². The van der Waals surface area contributed by atoms with Gasteiger partial charge in [-0.2, -0.15) is 0 Å². The van der Waals surface area contributed by atoms with Crippen LogP contribution in [0.2, 0.25) is 0 Å². The van der Waals surface area contributed by atoms with Gasteiger partial charge in [-0.1, -0.05) is 0 Å². The Hall–Kier alpha value is -1.60. The number of thiazole rings is 1. The zero-order chi connectivity index (χ0) is 16.4. The molecule has 0 saturated heterocycles. The van der Waals surface area contributed by atoms with Gasteiger partial charge in [-0.25, -0.2) is 4.98 Å². The van der Waals surface area contributed by atoms with Gasteiger partial charge in [0.2, 0.25) is 0 Å². The molecule has 122 valence electrons. The van der Waals surface area contributed by atoms with Crippen LogP contribution in [0.4, 0.5) is 5.13 Å². The molecule has 1 heterocycles. The van der Waals surface area contributed by atoms with Crippen LogP contribution in [0.15, 0.2) is 22.0 Å². The van der Waals surface area contributed by atoms with E-state index in [1.807, 2.05) is 12.3 Å². The average Bonchev–Trinajstić information content (AvgIpc) is 3.29. The van der Waals surface area contributed by atoms with Gasteiger partial charge in [-0.3, -0.25) is 10.1 Å². The summed E-state index contributed by atoms with van der Waals surface area (Å²) in [4.78, 5) is 16.9. The standard InChI is InChI=1S/C16H17BrN2O3S/c1-3-22-14-11(17)6-10(7-13(14)21-2)15(20)19-16-18-12(8-23-16)9-4-5-9/h6-9H,3-5H2,1-2H3,(H,18,19,20). The van der Waals surface area contributed by atoms with Crippen LogP contribution in [0.25, 0.3) is 0 Å². The van der Waals surface area contributed by atoms with Crippen LogP contribution in [0, 0.1) is 0 Å². The number of anilines is 1. The highest BCUT2D eigenvalue weighted by Crippen LogP contribution is 2.41. The Morgan fingerprint density at radius 3 is 2.91 bits per heavy atom. The van der Waals surface area contributed by atoms with E-state index in [1.54, 1.807) is 19.2 Å². The molecule has 0 atom stereocenters. The molecule has 0 radical (unpaired) electrons. The van der Waals surface area contributed by atoms with Crippen LogP contribution in [-0.4, -0.2) is 24.6 Å². The van der Waals surface area contributed by atoms with E-state index < -0.39 is 0 Å². The van der Waals surface area contributed by atoms with E-state index in [0.29, 0.717) is 39.2 Å². The lowest BCUT2D eigenvalue weighted by Crippen LogP contribution is -2.12. The topological polar surface area (TPSA) is 60.5 Å². The zero-order valence-corrected chi connectivity index (χ0v) is 15.3. The summed E-state index contributed by atoms with van der Waals surface area (Å²) in [5, 5.41) is 5.48. The quantitative estimate of drug-likeness (QED) is 0.783. The molecule has 0 unspecified atom stereocenters. The van der Waals surface area contributed by atoms with Crippen molar-refractivity contribution in [2.45, 2.75) is 25.7 Å². The number of nitrogens with zero attached hydrogens (tertiary/aromatic N) is 1. The van der Waals surface area contributed by atoms with E-state index in [9.17, 15) is 4.79 Å². The molecule has 1 saturated carbocycles. The van der Waals surface area contributed by atoms with Gasteiger partial charge in [0.25, 0.3) is 5.91 Å². The highest BCUT2D eigenvalue weighted by Gasteiger charge is 2.26. The second kappa shape index (κ2) is 6.88. The Balaban J connectivity index is 1.79. The summed E-state index contributed by atoms with van der Waals surface area (Å²) >= 11 is 4.88. The van der Waals surface area contributed by atoms with Crippen LogP contribution in [-0.2, 0) is 0 Å². The summed E-state index contributed by atoms with van der Waals surface area (Å²) in [7, 11) is 1.55. The number of rotatable bonds is 6. The fraction of sp³-hybridized carbons (Fsp3) is 0.375. The predicted molar refractivity (Wildman–Crippen MR) is 93.9 cm³/mol. The Morgan fingerprint density at radius 1 is 1.48 bits per heavy atom. The molecule has 7 heteroatoms. The summed E-state index contributed by atoms with van der Waals surface area (Å²) in [6.07, 6.45) is 2.39. The van der Waals surface area contributed by atoms with Crippen molar-refractivity contribution in [1.82, 2.24) is 4.98 Å². The molecular weight excluding hydrogens is 380 g/mol. The van der Waals surface area contributed by atoms with Crippen molar-refractivity contribution in [2.75, 3.05) is 19.0 Å². The lowest BCUT2D eigenvalue weighted by molar-refractivity contribution is 0.102. The molecule has 1 fully saturated rings. The summed E-state index contributed by atoms with van der Waals surface area (Å²) in [5.41, 5.74) is 1.57. The zero-order valence-electron chi connectivity index (χ0n) is 12.9. The van der Waals surface area contributed by atoms with Gasteiger partial charge in [0.1, 0.15) is 0 Å². The third-order valence-electron chi connectivity index (χ3n) is 3.52. The lowest BCUT2D eigenvalue weighted by Gasteiger charge is -2.13. The Morgan fingerprint density at radius 2 is 2.26 bits per heavy atom. The van der Waals surface area contributed by atoms with Gasteiger partial charge in [-0.15, -0.1) is 11.3 Å². The number of carbonyl (C=O) groups is 1. The molecule has 1 aliphatic carbocycles. The largest absolute Gasteiger partial charge is 0.493 e. The fourth-order valence-electron chi connectivity index (χ4n) is 2.21. The van der Waals surface area contributed by atoms with Gasteiger partial charge in [0.05, 0.1) is 23.9 Å². The number of aromatic nitrogens is 1. The summed E-state index contributed by atoms with van der Waals surface area (Å²) in [6.45, 7) is 2.41. The first-order chi connectivity index (χ1) is 11.1. The van der Waals surface area contributed by atoms with Crippen LogP contribution in [0.1, 0.15) is 41.7 Å². The number of methoxy groups -OCH3 is 1. The van der Waals surface area contributed by atoms with Gasteiger partial charge >= 0.3 is 0 Å². The van der Waals surface area contributed by atoms with Gasteiger partial charge < -0.3 is 9.47 Å². The first kappa shape index (κ1) is 16.3. The molecule has 1 aliphatic rings. The normalized spacial score (nSPS) is 13.7. The van der Waals surface area contributed by atoms with Crippen molar-refractivity contribution in [3.8, 4) is 11.5 Å². The van der Waals surface area contributed by atoms with Crippen molar-refractivity contribution in [1.29, 1.82) is 0 Å². The molecule has 0 bridgehead atoms. The maximum absolute atomic E-state index is 12.4. The van der Waals surface area contributed by atoms with E-state index in [-0.39, 0.29) is 5.91 Å². The van der Waals surface area contributed by atoms with Crippen LogP contribution >= 0.6 is 27.3 Å². The number of hydrogen-bond acceptors (Lipinski definition) is 5. The van der Waals surface area contributed by atoms with Crippen molar-refractivity contribution < 1.29 is 14.3 Å². The number of nitrogens with one attached hydrogen (secondary N) is 1. The molecule has 0 spiro atoms. The molecule has 3 rings (SSSR count). The average molecular weight is 397 g/mol. The molecule has 1 aromatic carbocycles. The highest BCUT2D eigenvalue weighted by molar-refractivity contribution is 9.10. The van der Waals surface area contributed by atoms with Crippen molar-refractivity contribution in [3.63, 3.8) is 0 Å². The number of hydrogen-bond donors (Lipinski definition) is 1. The third kappa shape index (κ3) is 3.67. The highest BCUT2D eigenvalue weighted by atomic mass is 79.9. The number of halogens is 1. The molecule has 1 N–H and O–H groups in total. The SMILES string of the molecule is CCOc1c(Br)cc(C(=O)Nc2nc(C3CC3)cs2)cc1OC. The molecule has 0 aliphatic heterocycles. The molecule has 1 amide bonds. The lowest BCUT2D eigenvalue weighted by atomic mass is 10.2. The van der Waals surface area contributed by atoms with Crippen LogP contribution in [0.5, 0.6) is 11.5 Å². The summed E-state index contributed by atoms with van der Waals surface area (Å²) < 4.78 is 11.5. The number of carbonyl (C=O) groups excluding carboxylic acids is 1.